The molecule has 2 aromatic rings. The highest BCUT2D eigenvalue weighted by molar-refractivity contribution is 7.07. The van der Waals surface area contributed by atoms with Gasteiger partial charge in [0.25, 0.3) is 0 Å². The van der Waals surface area contributed by atoms with Crippen molar-refractivity contribution in [3.63, 3.8) is 0 Å². The Balaban J connectivity index is 1.41. The summed E-state index contributed by atoms with van der Waals surface area (Å²) in [7, 11) is 1.76. The molecule has 0 unspecified atom stereocenters. The molecule has 6 nitrogen and oxygen atoms in total. The number of carbonyl (C=O) groups is 1. The molecule has 1 amide bonds. The van der Waals surface area contributed by atoms with Gasteiger partial charge in [-0.3, -0.25) is 14.4 Å². The van der Waals surface area contributed by atoms with Crippen LogP contribution in [0.15, 0.2) is 29.2 Å². The van der Waals surface area contributed by atoms with E-state index in [1.807, 2.05) is 10.9 Å². The molecule has 1 aliphatic heterocycles. The fourth-order valence-corrected chi connectivity index (χ4v) is 4.18. The van der Waals surface area contributed by atoms with Crippen LogP contribution in [0.4, 0.5) is 5.69 Å². The van der Waals surface area contributed by atoms with Crippen LogP contribution in [0.25, 0.3) is 0 Å². The average Bonchev–Trinajstić information content (AvgIpc) is 2.96. The quantitative estimate of drug-likeness (QED) is 0.825. The zero-order chi connectivity index (χ0) is 17.2. The number of nitrogens with one attached hydrogen (secondary N) is 1. The molecule has 0 aromatic carbocycles. The first-order chi connectivity index (χ1) is 12.2. The molecule has 25 heavy (non-hydrogen) atoms. The van der Waals surface area contributed by atoms with Gasteiger partial charge in [-0.1, -0.05) is 0 Å². The second kappa shape index (κ2) is 7.27. The lowest BCUT2D eigenvalue weighted by molar-refractivity contribution is -0.117. The monoisotopic (exact) mass is 360 g/mol. The number of amides is 1. The molecule has 2 aliphatic rings. The topological polar surface area (TPSA) is 59.4 Å². The van der Waals surface area contributed by atoms with E-state index in [2.05, 4.69) is 32.1 Å². The number of nitrogens with zero attached hydrogens (tertiary/aromatic N) is 3. The number of thiophene rings is 1. The summed E-state index contributed by atoms with van der Waals surface area (Å²) in [5, 5.41) is 11.8. The number of methoxy groups -OCH3 is 1. The van der Waals surface area contributed by atoms with E-state index < -0.39 is 0 Å². The second-order valence-electron chi connectivity index (χ2n) is 7.03. The number of anilines is 1. The first-order valence-electron chi connectivity index (χ1n) is 8.82. The number of rotatable bonds is 7. The molecular weight excluding hydrogens is 336 g/mol. The SMILES string of the molecule is COC[C@@H]1C[C@H](n2cc(NC(=O)C3CC3)cn2)CN1Cc1ccsc1. The Bertz CT molecular complexity index is 710. The van der Waals surface area contributed by atoms with Crippen molar-refractivity contribution in [2.24, 2.45) is 5.92 Å². The fourth-order valence-electron chi connectivity index (χ4n) is 3.52. The molecule has 1 saturated heterocycles. The summed E-state index contributed by atoms with van der Waals surface area (Å²) in [6, 6.07) is 2.88. The Morgan fingerprint density at radius 1 is 1.48 bits per heavy atom. The highest BCUT2D eigenvalue weighted by Crippen LogP contribution is 2.32. The normalized spacial score (nSPS) is 23.9. The van der Waals surface area contributed by atoms with Gasteiger partial charge in [0.2, 0.25) is 5.91 Å². The molecule has 1 saturated carbocycles. The van der Waals surface area contributed by atoms with Gasteiger partial charge in [-0.05, 0) is 41.7 Å². The molecule has 2 atom stereocenters. The lowest BCUT2D eigenvalue weighted by atomic mass is 10.2. The summed E-state index contributed by atoms with van der Waals surface area (Å²) in [6.45, 7) is 2.62. The maximum Gasteiger partial charge on any atom is 0.227 e. The van der Waals surface area contributed by atoms with E-state index in [0.717, 1.165) is 44.6 Å². The Morgan fingerprint density at radius 3 is 3.08 bits per heavy atom. The van der Waals surface area contributed by atoms with Crippen molar-refractivity contribution in [3.8, 4) is 0 Å². The van der Waals surface area contributed by atoms with Crippen LogP contribution in [0, 0.1) is 5.92 Å². The van der Waals surface area contributed by atoms with Crippen LogP contribution in [-0.4, -0.2) is 46.9 Å². The Hall–Kier alpha value is -1.70. The first kappa shape index (κ1) is 16.8. The third-order valence-electron chi connectivity index (χ3n) is 5.02. The van der Waals surface area contributed by atoms with Crippen LogP contribution in [0.2, 0.25) is 0 Å². The van der Waals surface area contributed by atoms with Gasteiger partial charge >= 0.3 is 0 Å². The van der Waals surface area contributed by atoms with Gasteiger partial charge in [0.05, 0.1) is 24.5 Å². The van der Waals surface area contributed by atoms with Gasteiger partial charge < -0.3 is 10.1 Å². The second-order valence-corrected chi connectivity index (χ2v) is 7.81. The van der Waals surface area contributed by atoms with Crippen LogP contribution in [0.3, 0.4) is 0 Å². The molecule has 3 heterocycles. The third kappa shape index (κ3) is 3.94. The van der Waals surface area contributed by atoms with Crippen molar-refractivity contribution in [1.29, 1.82) is 0 Å². The van der Waals surface area contributed by atoms with E-state index in [4.69, 9.17) is 4.74 Å². The van der Waals surface area contributed by atoms with Gasteiger partial charge in [-0.25, -0.2) is 0 Å². The van der Waals surface area contributed by atoms with Crippen molar-refractivity contribution >= 4 is 22.9 Å². The van der Waals surface area contributed by atoms with Crippen LogP contribution in [0.5, 0.6) is 0 Å². The minimum atomic E-state index is 0.127. The highest BCUT2D eigenvalue weighted by Gasteiger charge is 2.34. The van der Waals surface area contributed by atoms with Crippen molar-refractivity contribution in [3.05, 3.63) is 34.8 Å². The van der Waals surface area contributed by atoms with Gasteiger partial charge in [0, 0.05) is 38.4 Å². The number of hydrogen-bond acceptors (Lipinski definition) is 5. The van der Waals surface area contributed by atoms with E-state index in [0.29, 0.717) is 12.1 Å². The van der Waals surface area contributed by atoms with E-state index in [9.17, 15) is 4.79 Å². The van der Waals surface area contributed by atoms with E-state index in [1.54, 1.807) is 24.6 Å². The van der Waals surface area contributed by atoms with Crippen molar-refractivity contribution in [2.45, 2.75) is 37.9 Å². The summed E-state index contributed by atoms with van der Waals surface area (Å²) < 4.78 is 7.42. The number of hydrogen-bond donors (Lipinski definition) is 1. The van der Waals surface area contributed by atoms with Gasteiger partial charge in [-0.2, -0.15) is 16.4 Å². The number of aromatic nitrogens is 2. The molecule has 134 valence electrons. The van der Waals surface area contributed by atoms with E-state index in [-0.39, 0.29) is 11.8 Å². The molecule has 2 aromatic heterocycles. The highest BCUT2D eigenvalue weighted by atomic mass is 32.1. The molecule has 7 heteroatoms. The summed E-state index contributed by atoms with van der Waals surface area (Å²) in [5.41, 5.74) is 2.15. The standard InChI is InChI=1S/C18H24N4O2S/c1-24-11-17-6-16(10-21(17)8-13-4-5-25-12-13)22-9-15(7-19-22)20-18(23)14-2-3-14/h4-5,7,9,12,14,16-17H,2-3,6,8,10-11H2,1H3,(H,20,23)/t16-,17-/m0/s1. The summed E-state index contributed by atoms with van der Waals surface area (Å²) in [6.07, 6.45) is 6.75. The van der Waals surface area contributed by atoms with Crippen molar-refractivity contribution in [1.82, 2.24) is 14.7 Å². The summed E-state index contributed by atoms with van der Waals surface area (Å²) in [4.78, 5) is 14.4. The smallest absolute Gasteiger partial charge is 0.227 e. The molecule has 1 N–H and O–H groups in total. The zero-order valence-corrected chi connectivity index (χ0v) is 15.2. The Morgan fingerprint density at radius 2 is 2.36 bits per heavy atom. The number of likely N-dealkylation sites (tertiary alicyclic amines) is 1. The van der Waals surface area contributed by atoms with E-state index >= 15 is 0 Å². The van der Waals surface area contributed by atoms with Crippen LogP contribution < -0.4 is 5.32 Å². The maximum absolute atomic E-state index is 11.9. The number of ether oxygens (including phenoxy) is 1. The summed E-state index contributed by atoms with van der Waals surface area (Å²) >= 11 is 1.74. The third-order valence-corrected chi connectivity index (χ3v) is 5.75. The predicted octanol–water partition coefficient (Wildman–Crippen LogP) is 2.76. The number of carbonyl (C=O) groups excluding carboxylic acids is 1. The van der Waals surface area contributed by atoms with Crippen LogP contribution >= 0.6 is 11.3 Å². The average molecular weight is 360 g/mol. The predicted molar refractivity (Wildman–Crippen MR) is 97.6 cm³/mol. The van der Waals surface area contributed by atoms with Crippen LogP contribution in [-0.2, 0) is 16.1 Å². The summed E-state index contributed by atoms with van der Waals surface area (Å²) in [5.74, 6) is 0.337. The molecule has 0 spiro atoms. The molecule has 0 radical (unpaired) electrons. The van der Waals surface area contributed by atoms with Gasteiger partial charge in [-0.15, -0.1) is 0 Å². The zero-order valence-electron chi connectivity index (χ0n) is 14.4. The van der Waals surface area contributed by atoms with Gasteiger partial charge in [0.15, 0.2) is 0 Å². The van der Waals surface area contributed by atoms with Crippen molar-refractivity contribution in [2.75, 3.05) is 25.6 Å². The fraction of sp³-hybridized carbons (Fsp3) is 0.556. The van der Waals surface area contributed by atoms with Crippen LogP contribution in [0.1, 0.15) is 30.9 Å². The Labute approximate surface area is 151 Å². The van der Waals surface area contributed by atoms with E-state index in [1.165, 1.54) is 5.56 Å². The maximum atomic E-state index is 11.9. The lowest BCUT2D eigenvalue weighted by Gasteiger charge is -2.22. The minimum Gasteiger partial charge on any atom is -0.383 e. The molecule has 1 aliphatic carbocycles. The molecule has 4 rings (SSSR count). The molecule has 2 fully saturated rings. The minimum absolute atomic E-state index is 0.127. The largest absolute Gasteiger partial charge is 0.383 e. The molecular formula is C18H24N4O2S. The molecule has 0 bridgehead atoms. The van der Waals surface area contributed by atoms with Gasteiger partial charge in [0.1, 0.15) is 0 Å². The Kier molecular flexibility index (Phi) is 4.87. The first-order valence-corrected chi connectivity index (χ1v) is 9.76. The lowest BCUT2D eigenvalue weighted by Crippen LogP contribution is -2.32. The van der Waals surface area contributed by atoms with Crippen molar-refractivity contribution < 1.29 is 9.53 Å².